The average Bonchev–Trinajstić information content (AvgIpc) is 3.35. The molecule has 2 aromatic rings. The van der Waals surface area contributed by atoms with Crippen LogP contribution in [-0.2, 0) is 9.59 Å². The number of hydrogen-bond acceptors (Lipinski definition) is 4. The van der Waals surface area contributed by atoms with Crippen molar-refractivity contribution in [1.82, 2.24) is 4.90 Å². The maximum Gasteiger partial charge on any atom is 0.239 e. The third-order valence-electron chi connectivity index (χ3n) is 6.32. The van der Waals surface area contributed by atoms with Crippen molar-refractivity contribution in [3.8, 4) is 0 Å². The van der Waals surface area contributed by atoms with Gasteiger partial charge in [0.1, 0.15) is 0 Å². The third kappa shape index (κ3) is 2.48. The highest BCUT2D eigenvalue weighted by atomic mass is 32.2. The van der Waals surface area contributed by atoms with Gasteiger partial charge in [-0.05, 0) is 55.5 Å². The molecule has 3 heterocycles. The summed E-state index contributed by atoms with van der Waals surface area (Å²) in [6.45, 7) is 0.971. The lowest BCUT2D eigenvalue weighted by Crippen LogP contribution is -2.39. The van der Waals surface area contributed by atoms with Crippen molar-refractivity contribution in [1.29, 1.82) is 0 Å². The van der Waals surface area contributed by atoms with E-state index in [1.54, 1.807) is 11.8 Å². The van der Waals surface area contributed by atoms with Gasteiger partial charge < -0.3 is 0 Å². The molecule has 0 saturated carbocycles. The van der Waals surface area contributed by atoms with Crippen molar-refractivity contribution >= 4 is 29.3 Å². The van der Waals surface area contributed by atoms with Crippen LogP contribution in [0.15, 0.2) is 59.5 Å². The summed E-state index contributed by atoms with van der Waals surface area (Å²) in [4.78, 5) is 31.8. The summed E-state index contributed by atoms with van der Waals surface area (Å²) in [7, 11) is 0. The quantitative estimate of drug-likeness (QED) is 0.603. The van der Waals surface area contributed by atoms with Gasteiger partial charge in [-0.3, -0.25) is 14.5 Å². The molecule has 0 spiro atoms. The lowest BCUT2D eigenvalue weighted by molar-refractivity contribution is -0.123. The van der Waals surface area contributed by atoms with Gasteiger partial charge in [0.15, 0.2) is 0 Å². The first-order valence-electron chi connectivity index (χ1n) is 9.53. The summed E-state index contributed by atoms with van der Waals surface area (Å²) < 4.78 is 0. The number of thioether (sulfide) groups is 1. The normalized spacial score (nSPS) is 30.0. The van der Waals surface area contributed by atoms with Crippen molar-refractivity contribution in [2.24, 2.45) is 11.8 Å². The van der Waals surface area contributed by atoms with Gasteiger partial charge in [-0.2, -0.15) is 0 Å². The highest BCUT2D eigenvalue weighted by molar-refractivity contribution is 7.98. The summed E-state index contributed by atoms with van der Waals surface area (Å²) in [6, 6.07) is 18.1. The number of amides is 2. The van der Waals surface area contributed by atoms with Crippen molar-refractivity contribution < 1.29 is 9.59 Å². The molecule has 4 nitrogen and oxygen atoms in total. The molecule has 3 fully saturated rings. The van der Waals surface area contributed by atoms with Crippen LogP contribution >= 0.6 is 11.8 Å². The Morgan fingerprint density at radius 3 is 2.33 bits per heavy atom. The molecule has 5 rings (SSSR count). The van der Waals surface area contributed by atoms with Crippen LogP contribution in [0.3, 0.4) is 0 Å². The number of para-hydroxylation sites is 1. The van der Waals surface area contributed by atoms with Gasteiger partial charge in [-0.25, -0.2) is 4.90 Å². The Morgan fingerprint density at radius 2 is 1.63 bits per heavy atom. The number of fused-ring (bicyclic) bond motifs is 3. The Kier molecular flexibility index (Phi) is 4.10. The molecule has 4 atom stereocenters. The van der Waals surface area contributed by atoms with Crippen molar-refractivity contribution in [3.63, 3.8) is 0 Å². The third-order valence-corrected chi connectivity index (χ3v) is 7.07. The second-order valence-corrected chi connectivity index (χ2v) is 8.44. The Morgan fingerprint density at radius 1 is 0.926 bits per heavy atom. The molecule has 27 heavy (non-hydrogen) atoms. The second kappa shape index (κ2) is 6.50. The zero-order valence-electron chi connectivity index (χ0n) is 15.2. The molecule has 0 aromatic heterocycles. The molecule has 2 aromatic carbocycles. The van der Waals surface area contributed by atoms with Crippen LogP contribution in [0.1, 0.15) is 24.4 Å². The highest BCUT2D eigenvalue weighted by Gasteiger charge is 2.63. The zero-order chi connectivity index (χ0) is 18.5. The predicted molar refractivity (Wildman–Crippen MR) is 107 cm³/mol. The van der Waals surface area contributed by atoms with Crippen LogP contribution in [0.25, 0.3) is 0 Å². The highest BCUT2D eigenvalue weighted by Crippen LogP contribution is 2.53. The summed E-state index contributed by atoms with van der Waals surface area (Å²) >= 11 is 1.71. The van der Waals surface area contributed by atoms with Crippen molar-refractivity contribution in [2.45, 2.75) is 29.8 Å². The SMILES string of the molecule is CSc1ccc([C@@H]2[C@@H]3C(=O)N(c4ccccc4)C(=O)[C@@H]3[C@H]3CCCN32)cc1. The number of anilines is 1. The minimum absolute atomic E-state index is 0.00330. The molecule has 0 radical (unpaired) electrons. The molecular weight excluding hydrogens is 356 g/mol. The summed E-state index contributed by atoms with van der Waals surface area (Å²) in [5.41, 5.74) is 1.85. The van der Waals surface area contributed by atoms with Gasteiger partial charge in [-0.1, -0.05) is 30.3 Å². The van der Waals surface area contributed by atoms with E-state index in [0.717, 1.165) is 24.9 Å². The maximum absolute atomic E-state index is 13.4. The lowest BCUT2D eigenvalue weighted by Gasteiger charge is -2.29. The van der Waals surface area contributed by atoms with Gasteiger partial charge in [0.05, 0.1) is 17.5 Å². The first-order valence-corrected chi connectivity index (χ1v) is 10.8. The van der Waals surface area contributed by atoms with E-state index >= 15 is 0 Å². The van der Waals surface area contributed by atoms with E-state index in [4.69, 9.17) is 0 Å². The van der Waals surface area contributed by atoms with E-state index < -0.39 is 0 Å². The van der Waals surface area contributed by atoms with Crippen LogP contribution < -0.4 is 4.90 Å². The summed E-state index contributed by atoms with van der Waals surface area (Å²) in [6.07, 6.45) is 4.16. The maximum atomic E-state index is 13.4. The van der Waals surface area contributed by atoms with Gasteiger partial charge in [-0.15, -0.1) is 11.8 Å². The van der Waals surface area contributed by atoms with E-state index in [-0.39, 0.29) is 35.7 Å². The molecule has 3 aliphatic rings. The number of imide groups is 1. The molecule has 138 valence electrons. The number of carbonyl (C=O) groups excluding carboxylic acids is 2. The molecular formula is C22H22N2O2S. The molecule has 2 amide bonds. The molecule has 3 aliphatic heterocycles. The number of nitrogens with zero attached hydrogens (tertiary/aromatic N) is 2. The zero-order valence-corrected chi connectivity index (χ0v) is 16.1. The van der Waals surface area contributed by atoms with E-state index in [0.29, 0.717) is 5.69 Å². The van der Waals surface area contributed by atoms with Crippen LogP contribution in [0.2, 0.25) is 0 Å². The van der Waals surface area contributed by atoms with E-state index in [1.165, 1.54) is 9.80 Å². The second-order valence-electron chi connectivity index (χ2n) is 7.56. The van der Waals surface area contributed by atoms with Crippen LogP contribution in [-0.4, -0.2) is 35.6 Å². The lowest BCUT2D eigenvalue weighted by atomic mass is 9.85. The van der Waals surface area contributed by atoms with E-state index in [1.807, 2.05) is 30.3 Å². The first kappa shape index (κ1) is 17.0. The predicted octanol–water partition coefficient (Wildman–Crippen LogP) is 3.73. The molecule has 0 N–H and O–H groups in total. The number of rotatable bonds is 3. The smallest absolute Gasteiger partial charge is 0.239 e. The Labute approximate surface area is 163 Å². The fraction of sp³-hybridized carbons (Fsp3) is 0.364. The van der Waals surface area contributed by atoms with E-state index in [2.05, 4.69) is 35.4 Å². The molecule has 5 heteroatoms. The monoisotopic (exact) mass is 378 g/mol. The number of hydrogen-bond donors (Lipinski definition) is 0. The Balaban J connectivity index is 1.57. The van der Waals surface area contributed by atoms with Crippen molar-refractivity contribution in [3.05, 3.63) is 60.2 Å². The molecule has 0 unspecified atom stereocenters. The fourth-order valence-electron chi connectivity index (χ4n) is 5.23. The largest absolute Gasteiger partial charge is 0.292 e. The summed E-state index contributed by atoms with van der Waals surface area (Å²) in [5.74, 6) is -0.547. The van der Waals surface area contributed by atoms with Gasteiger partial charge >= 0.3 is 0 Å². The molecule has 0 aliphatic carbocycles. The van der Waals surface area contributed by atoms with Crippen molar-refractivity contribution in [2.75, 3.05) is 17.7 Å². The fourth-order valence-corrected chi connectivity index (χ4v) is 5.64. The summed E-state index contributed by atoms with van der Waals surface area (Å²) in [5, 5.41) is 0. The van der Waals surface area contributed by atoms with Crippen LogP contribution in [0.5, 0.6) is 0 Å². The molecule has 3 saturated heterocycles. The number of benzene rings is 2. The van der Waals surface area contributed by atoms with Crippen LogP contribution in [0, 0.1) is 11.8 Å². The first-order chi connectivity index (χ1) is 13.2. The van der Waals surface area contributed by atoms with E-state index in [9.17, 15) is 9.59 Å². The minimum atomic E-state index is -0.275. The van der Waals surface area contributed by atoms with Gasteiger partial charge in [0, 0.05) is 17.0 Å². The minimum Gasteiger partial charge on any atom is -0.292 e. The Hall–Kier alpha value is -2.11. The topological polar surface area (TPSA) is 40.6 Å². The van der Waals surface area contributed by atoms with Gasteiger partial charge in [0.2, 0.25) is 11.8 Å². The van der Waals surface area contributed by atoms with Crippen LogP contribution in [0.4, 0.5) is 5.69 Å². The standard InChI is InChI=1S/C22H22N2O2S/c1-27-16-11-9-14(10-12-16)20-19-18(17-8-5-13-23(17)20)21(25)24(22(19)26)15-6-3-2-4-7-15/h2-4,6-7,9-12,17-20H,5,8,13H2,1H3/t17-,18-,19-,20-/m1/s1. The number of carbonyl (C=O) groups is 2. The molecule has 0 bridgehead atoms. The van der Waals surface area contributed by atoms with Gasteiger partial charge in [0.25, 0.3) is 0 Å². The average molecular weight is 378 g/mol. The Bertz CT molecular complexity index is 883.